The molecule has 1 nitrogen and oxygen atoms in total. The Balaban J connectivity index is 0.00000169. The first kappa shape index (κ1) is 18.1. The normalized spacial score (nSPS) is 14.0. The van der Waals surface area contributed by atoms with Crippen LogP contribution in [0.15, 0.2) is 46.7 Å². The first-order chi connectivity index (χ1) is 11.3. The number of hydrogen-bond donors (Lipinski definition) is 1. The van der Waals surface area contributed by atoms with Crippen molar-refractivity contribution < 1.29 is 0 Å². The third kappa shape index (κ3) is 3.76. The van der Waals surface area contributed by atoms with Gasteiger partial charge in [-0.3, -0.25) is 0 Å². The van der Waals surface area contributed by atoms with Gasteiger partial charge in [-0.25, -0.2) is 0 Å². The number of fused-ring (bicyclic) bond motifs is 2. The highest BCUT2D eigenvalue weighted by Gasteiger charge is 2.15. The quantitative estimate of drug-likeness (QED) is 0.549. The summed E-state index contributed by atoms with van der Waals surface area (Å²) < 4.78 is 1.37. The summed E-state index contributed by atoms with van der Waals surface area (Å²) in [5.41, 5.74) is 4.27. The molecule has 2 heterocycles. The number of thiophene rings is 1. The van der Waals surface area contributed by atoms with Crippen molar-refractivity contribution in [2.75, 3.05) is 13.1 Å². The Morgan fingerprint density at radius 1 is 1.08 bits per heavy atom. The van der Waals surface area contributed by atoms with E-state index in [9.17, 15) is 0 Å². The van der Waals surface area contributed by atoms with Crippen LogP contribution >= 0.6 is 47.1 Å². The van der Waals surface area contributed by atoms with Gasteiger partial charge in [0, 0.05) is 15.3 Å². The summed E-state index contributed by atoms with van der Waals surface area (Å²) in [6.07, 6.45) is 2.17. The minimum Gasteiger partial charge on any atom is -0.316 e. The summed E-state index contributed by atoms with van der Waals surface area (Å²) in [5, 5.41) is 7.87. The fourth-order valence-corrected chi connectivity index (χ4v) is 5.41. The van der Waals surface area contributed by atoms with Gasteiger partial charge in [0.15, 0.2) is 0 Å². The smallest absolute Gasteiger partial charge is 0.0544 e. The van der Waals surface area contributed by atoms with Crippen LogP contribution in [0.2, 0.25) is 5.02 Å². The fourth-order valence-electron chi connectivity index (χ4n) is 3.11. The number of halogens is 2. The molecule has 1 aliphatic rings. The lowest BCUT2D eigenvalue weighted by atomic mass is 10.0. The molecule has 0 fully saturated rings. The third-order valence-electron chi connectivity index (χ3n) is 4.34. The number of benzene rings is 2. The van der Waals surface area contributed by atoms with Gasteiger partial charge in [-0.05, 0) is 71.6 Å². The van der Waals surface area contributed by atoms with Gasteiger partial charge in [-0.1, -0.05) is 29.8 Å². The molecule has 126 valence electrons. The van der Waals surface area contributed by atoms with Gasteiger partial charge in [-0.2, -0.15) is 0 Å². The van der Waals surface area contributed by atoms with Crippen molar-refractivity contribution in [1.82, 2.24) is 5.32 Å². The van der Waals surface area contributed by atoms with E-state index in [-0.39, 0.29) is 12.4 Å². The monoisotopic (exact) mass is 395 g/mol. The minimum atomic E-state index is 0. The van der Waals surface area contributed by atoms with Gasteiger partial charge < -0.3 is 5.32 Å². The lowest BCUT2D eigenvalue weighted by Crippen LogP contribution is -2.16. The Hall–Kier alpha value is -0.710. The zero-order chi connectivity index (χ0) is 15.6. The van der Waals surface area contributed by atoms with Crippen LogP contribution in [0.5, 0.6) is 0 Å². The van der Waals surface area contributed by atoms with Crippen molar-refractivity contribution >= 4 is 57.2 Å². The second-order valence-electron chi connectivity index (χ2n) is 5.85. The van der Waals surface area contributed by atoms with Crippen LogP contribution in [0.3, 0.4) is 0 Å². The van der Waals surface area contributed by atoms with E-state index in [4.69, 9.17) is 11.6 Å². The second-order valence-corrected chi connectivity index (χ2v) is 8.19. The second kappa shape index (κ2) is 8.11. The Morgan fingerprint density at radius 2 is 1.96 bits per heavy atom. The predicted molar refractivity (Wildman–Crippen MR) is 110 cm³/mol. The number of thioether (sulfide) groups is 1. The van der Waals surface area contributed by atoms with Crippen molar-refractivity contribution in [3.8, 4) is 0 Å². The standard InChI is InChI=1S/C19H18ClNS2.ClH/c20-17-4-3-14-5-8-21-9-6-16(14)19(17)23-12-13-1-2-15-7-10-22-18(15)11-13;/h1-4,7,10-11,21H,5-6,8-9,12H2;1H. The first-order valence-corrected chi connectivity index (χ1v) is 10.2. The van der Waals surface area contributed by atoms with E-state index in [1.54, 1.807) is 0 Å². The zero-order valence-corrected chi connectivity index (χ0v) is 16.4. The molecule has 24 heavy (non-hydrogen) atoms. The lowest BCUT2D eigenvalue weighted by molar-refractivity contribution is 0.709. The number of nitrogens with one attached hydrogen (secondary N) is 1. The van der Waals surface area contributed by atoms with E-state index in [0.29, 0.717) is 0 Å². The maximum atomic E-state index is 6.52. The molecule has 0 amide bonds. The van der Waals surface area contributed by atoms with Crippen LogP contribution in [0, 0.1) is 0 Å². The van der Waals surface area contributed by atoms with Crippen LogP contribution in [-0.2, 0) is 18.6 Å². The van der Waals surface area contributed by atoms with Crippen molar-refractivity contribution in [3.05, 3.63) is 63.5 Å². The van der Waals surface area contributed by atoms with E-state index in [1.807, 2.05) is 23.1 Å². The molecule has 0 saturated carbocycles. The number of hydrogen-bond acceptors (Lipinski definition) is 3. The van der Waals surface area contributed by atoms with E-state index < -0.39 is 0 Å². The van der Waals surface area contributed by atoms with Crippen LogP contribution in [0.4, 0.5) is 0 Å². The van der Waals surface area contributed by atoms with Crippen LogP contribution in [0.1, 0.15) is 16.7 Å². The van der Waals surface area contributed by atoms with Crippen molar-refractivity contribution in [2.24, 2.45) is 0 Å². The highest BCUT2D eigenvalue weighted by Crippen LogP contribution is 2.36. The molecule has 0 bridgehead atoms. The fraction of sp³-hybridized carbons (Fsp3) is 0.263. The Kier molecular flexibility index (Phi) is 6.12. The SMILES string of the molecule is Cl.Clc1ccc2c(c1SCc1ccc3ccsc3c1)CCNCC2. The van der Waals surface area contributed by atoms with Gasteiger partial charge in [0.25, 0.3) is 0 Å². The molecule has 0 radical (unpaired) electrons. The maximum Gasteiger partial charge on any atom is 0.0544 e. The molecule has 4 rings (SSSR count). The summed E-state index contributed by atoms with van der Waals surface area (Å²) in [7, 11) is 0. The molecule has 1 N–H and O–H groups in total. The van der Waals surface area contributed by atoms with Gasteiger partial charge in [0.2, 0.25) is 0 Å². The maximum absolute atomic E-state index is 6.52. The molecule has 0 aliphatic carbocycles. The average Bonchev–Trinajstić information content (AvgIpc) is 2.90. The number of rotatable bonds is 3. The topological polar surface area (TPSA) is 12.0 Å². The van der Waals surface area contributed by atoms with Crippen molar-refractivity contribution in [3.63, 3.8) is 0 Å². The van der Waals surface area contributed by atoms with Crippen molar-refractivity contribution in [2.45, 2.75) is 23.5 Å². The molecule has 0 atom stereocenters. The molecule has 5 heteroatoms. The van der Waals surface area contributed by atoms with Gasteiger partial charge in [-0.15, -0.1) is 35.5 Å². The summed E-state index contributed by atoms with van der Waals surface area (Å²) in [4.78, 5) is 1.28. The summed E-state index contributed by atoms with van der Waals surface area (Å²) in [6.45, 7) is 2.11. The minimum absolute atomic E-state index is 0. The molecular formula is C19H19Cl2NS2. The highest BCUT2D eigenvalue weighted by molar-refractivity contribution is 7.98. The summed E-state index contributed by atoms with van der Waals surface area (Å²) >= 11 is 10.2. The Morgan fingerprint density at radius 3 is 2.88 bits per heavy atom. The lowest BCUT2D eigenvalue weighted by Gasteiger charge is -2.14. The molecule has 1 aliphatic heterocycles. The first-order valence-electron chi connectivity index (χ1n) is 7.91. The van der Waals surface area contributed by atoms with Crippen LogP contribution < -0.4 is 5.32 Å². The average molecular weight is 396 g/mol. The predicted octanol–water partition coefficient (Wildman–Crippen LogP) is 5.96. The molecular weight excluding hydrogens is 377 g/mol. The molecule has 1 aromatic heterocycles. The molecule has 0 saturated heterocycles. The van der Waals surface area contributed by atoms with E-state index in [1.165, 1.54) is 31.7 Å². The van der Waals surface area contributed by atoms with Crippen LogP contribution in [-0.4, -0.2) is 13.1 Å². The van der Waals surface area contributed by atoms with Crippen LogP contribution in [0.25, 0.3) is 10.1 Å². The largest absolute Gasteiger partial charge is 0.316 e. The van der Waals surface area contributed by atoms with Gasteiger partial charge in [0.1, 0.15) is 0 Å². The molecule has 2 aromatic carbocycles. The zero-order valence-electron chi connectivity index (χ0n) is 13.2. The summed E-state index contributed by atoms with van der Waals surface area (Å²) in [5.74, 6) is 0.970. The van der Waals surface area contributed by atoms with Gasteiger partial charge >= 0.3 is 0 Å². The Labute approximate surface area is 162 Å². The van der Waals surface area contributed by atoms with Crippen molar-refractivity contribution in [1.29, 1.82) is 0 Å². The molecule has 0 spiro atoms. The van der Waals surface area contributed by atoms with E-state index in [2.05, 4.69) is 47.1 Å². The summed E-state index contributed by atoms with van der Waals surface area (Å²) in [6, 6.07) is 13.2. The van der Waals surface area contributed by atoms with Gasteiger partial charge in [0.05, 0.1) is 5.02 Å². The highest BCUT2D eigenvalue weighted by atomic mass is 35.5. The third-order valence-corrected chi connectivity index (χ3v) is 6.88. The Bertz CT molecular complexity index is 844. The van der Waals surface area contributed by atoms with E-state index >= 15 is 0 Å². The van der Waals surface area contributed by atoms with E-state index in [0.717, 1.165) is 36.7 Å². The molecule has 0 unspecified atom stereocenters. The molecule has 3 aromatic rings.